The van der Waals surface area contributed by atoms with Gasteiger partial charge in [0, 0.05) is 22.8 Å². The van der Waals surface area contributed by atoms with E-state index >= 15 is 0 Å². The van der Waals surface area contributed by atoms with Gasteiger partial charge < -0.3 is 10.4 Å². The Morgan fingerprint density at radius 1 is 1.44 bits per heavy atom. The molecule has 1 amide bonds. The Hall–Kier alpha value is -2.36. The van der Waals surface area contributed by atoms with E-state index in [-0.39, 0.29) is 5.75 Å². The number of pyridine rings is 1. The van der Waals surface area contributed by atoms with E-state index in [2.05, 4.69) is 16.9 Å². The van der Waals surface area contributed by atoms with Crippen molar-refractivity contribution in [2.75, 3.05) is 0 Å². The van der Waals surface area contributed by atoms with Gasteiger partial charge in [-0.3, -0.25) is 9.78 Å². The Morgan fingerprint density at radius 3 is 3.00 bits per heavy atom. The lowest BCUT2D eigenvalue weighted by Crippen LogP contribution is -2.08. The number of fused-ring (bicyclic) bond motifs is 1. The fraction of sp³-hybridized carbons (Fsp3) is 0. The predicted molar refractivity (Wildman–Crippen MR) is 61.6 cm³/mol. The van der Waals surface area contributed by atoms with Gasteiger partial charge in [0.1, 0.15) is 5.75 Å². The lowest BCUT2D eigenvalue weighted by molar-refractivity contribution is -0.108. The molecular weight excluding hydrogens is 204 g/mol. The molecule has 0 aliphatic carbocycles. The molecule has 0 radical (unpaired) electrons. The first-order chi connectivity index (χ1) is 7.74. The zero-order chi connectivity index (χ0) is 11.5. The number of aromatic nitrogens is 1. The molecule has 0 saturated heterocycles. The van der Waals surface area contributed by atoms with E-state index in [1.807, 2.05) is 0 Å². The predicted octanol–water partition coefficient (Wildman–Crippen LogP) is 1.66. The van der Waals surface area contributed by atoms with Crippen molar-refractivity contribution in [2.45, 2.75) is 0 Å². The molecule has 0 atom stereocenters. The summed E-state index contributed by atoms with van der Waals surface area (Å²) in [5, 5.41) is 12.8. The van der Waals surface area contributed by atoms with Crippen molar-refractivity contribution in [3.8, 4) is 5.75 Å². The van der Waals surface area contributed by atoms with Crippen LogP contribution in [0, 0.1) is 0 Å². The Kier molecular flexibility index (Phi) is 2.55. The van der Waals surface area contributed by atoms with E-state index in [9.17, 15) is 9.90 Å². The van der Waals surface area contributed by atoms with Gasteiger partial charge in [-0.1, -0.05) is 18.7 Å². The van der Waals surface area contributed by atoms with Crippen molar-refractivity contribution in [1.29, 1.82) is 0 Å². The summed E-state index contributed by atoms with van der Waals surface area (Å²) in [6, 6.07) is 6.84. The van der Waals surface area contributed by atoms with Crippen LogP contribution < -0.4 is 5.32 Å². The van der Waals surface area contributed by atoms with Crippen LogP contribution in [-0.4, -0.2) is 16.5 Å². The number of carbonyl (C=O) groups excluding carboxylic acids is 1. The molecule has 1 aromatic heterocycles. The van der Waals surface area contributed by atoms with Gasteiger partial charge in [-0.15, -0.1) is 0 Å². The van der Waals surface area contributed by atoms with Crippen LogP contribution in [0.25, 0.3) is 16.6 Å². The number of rotatable bonds is 3. The van der Waals surface area contributed by atoms with Gasteiger partial charge in [-0.05, 0) is 12.1 Å². The van der Waals surface area contributed by atoms with Crippen molar-refractivity contribution in [3.63, 3.8) is 0 Å². The third-order valence-corrected chi connectivity index (χ3v) is 2.31. The number of carbonyl (C=O) groups is 1. The Balaban J connectivity index is 2.67. The number of hydrogen-bond donors (Lipinski definition) is 2. The number of nitrogens with one attached hydrogen (secondary N) is 1. The fourth-order valence-corrected chi connectivity index (χ4v) is 1.55. The van der Waals surface area contributed by atoms with E-state index in [0.29, 0.717) is 28.6 Å². The lowest BCUT2D eigenvalue weighted by Gasteiger charge is -2.08. The molecule has 16 heavy (non-hydrogen) atoms. The first-order valence-corrected chi connectivity index (χ1v) is 4.70. The fourth-order valence-electron chi connectivity index (χ4n) is 1.55. The highest BCUT2D eigenvalue weighted by Crippen LogP contribution is 2.26. The van der Waals surface area contributed by atoms with Crippen LogP contribution in [0.2, 0.25) is 0 Å². The number of hydrogen-bond acceptors (Lipinski definition) is 3. The molecular formula is C12H10N2O2. The average Bonchev–Trinajstić information content (AvgIpc) is 2.29. The maximum Gasteiger partial charge on any atom is 0.211 e. The molecule has 4 nitrogen and oxygen atoms in total. The second-order valence-electron chi connectivity index (χ2n) is 3.27. The second kappa shape index (κ2) is 4.02. The first-order valence-electron chi connectivity index (χ1n) is 4.70. The molecule has 0 fully saturated rings. The second-order valence-corrected chi connectivity index (χ2v) is 3.27. The minimum atomic E-state index is 0.158. The highest BCUT2D eigenvalue weighted by atomic mass is 16.3. The van der Waals surface area contributed by atoms with Gasteiger partial charge >= 0.3 is 0 Å². The molecule has 2 N–H and O–H groups in total. The maximum absolute atomic E-state index is 10.3. The number of amides is 1. The summed E-state index contributed by atoms with van der Waals surface area (Å²) < 4.78 is 0. The third-order valence-electron chi connectivity index (χ3n) is 2.31. The standard InChI is InChI=1S/C12H10N2O2/c1-8(14-7-15)9-3-2-4-10-11(16)5-6-13-12(9)10/h2-7H,1H2,(H,13,16)(H,14,15). The minimum absolute atomic E-state index is 0.158. The topological polar surface area (TPSA) is 62.2 Å². The molecule has 0 aliphatic heterocycles. The molecule has 0 aliphatic rings. The van der Waals surface area contributed by atoms with Gasteiger partial charge in [0.05, 0.1) is 5.52 Å². The molecule has 4 heteroatoms. The zero-order valence-corrected chi connectivity index (χ0v) is 8.47. The largest absolute Gasteiger partial charge is 0.507 e. The Morgan fingerprint density at radius 2 is 2.25 bits per heavy atom. The SMILES string of the molecule is C=C(NC=O)c1cccc2c(O)ccnc12. The van der Waals surface area contributed by atoms with Crippen LogP contribution >= 0.6 is 0 Å². The van der Waals surface area contributed by atoms with E-state index < -0.39 is 0 Å². The highest BCUT2D eigenvalue weighted by Gasteiger charge is 2.07. The lowest BCUT2D eigenvalue weighted by atomic mass is 10.1. The molecule has 80 valence electrons. The summed E-state index contributed by atoms with van der Waals surface area (Å²) in [6.07, 6.45) is 2.07. The first kappa shape index (κ1) is 10.2. The van der Waals surface area contributed by atoms with Crippen LogP contribution in [0.5, 0.6) is 5.75 Å². The summed E-state index contributed by atoms with van der Waals surface area (Å²) in [7, 11) is 0. The molecule has 0 bridgehead atoms. The number of nitrogens with zero attached hydrogens (tertiary/aromatic N) is 1. The van der Waals surface area contributed by atoms with Crippen LogP contribution in [0.1, 0.15) is 5.56 Å². The van der Waals surface area contributed by atoms with Crippen molar-refractivity contribution in [1.82, 2.24) is 10.3 Å². The average molecular weight is 214 g/mol. The van der Waals surface area contributed by atoms with Crippen molar-refractivity contribution in [2.24, 2.45) is 0 Å². The zero-order valence-electron chi connectivity index (χ0n) is 8.47. The number of aromatic hydroxyl groups is 1. The van der Waals surface area contributed by atoms with Gasteiger partial charge in [-0.2, -0.15) is 0 Å². The maximum atomic E-state index is 10.3. The van der Waals surface area contributed by atoms with Crippen LogP contribution in [-0.2, 0) is 4.79 Å². The summed E-state index contributed by atoms with van der Waals surface area (Å²) >= 11 is 0. The Labute approximate surface area is 92.2 Å². The van der Waals surface area contributed by atoms with Gasteiger partial charge in [-0.25, -0.2) is 0 Å². The summed E-state index contributed by atoms with van der Waals surface area (Å²) in [5.74, 6) is 0.158. The van der Waals surface area contributed by atoms with Crippen molar-refractivity contribution >= 4 is 23.0 Å². The molecule has 1 heterocycles. The highest BCUT2D eigenvalue weighted by molar-refractivity contribution is 5.94. The normalized spacial score (nSPS) is 10.0. The molecule has 2 rings (SSSR count). The van der Waals surface area contributed by atoms with Crippen LogP contribution in [0.15, 0.2) is 37.0 Å². The summed E-state index contributed by atoms with van der Waals surface area (Å²) in [5.41, 5.74) is 1.76. The molecule has 0 saturated carbocycles. The van der Waals surface area contributed by atoms with Crippen LogP contribution in [0.4, 0.5) is 0 Å². The molecule has 0 spiro atoms. The van der Waals surface area contributed by atoms with E-state index in [4.69, 9.17) is 0 Å². The van der Waals surface area contributed by atoms with E-state index in [0.717, 1.165) is 0 Å². The smallest absolute Gasteiger partial charge is 0.211 e. The number of benzene rings is 1. The van der Waals surface area contributed by atoms with Crippen molar-refractivity contribution < 1.29 is 9.90 Å². The summed E-state index contributed by atoms with van der Waals surface area (Å²) in [4.78, 5) is 14.5. The minimum Gasteiger partial charge on any atom is -0.507 e. The van der Waals surface area contributed by atoms with E-state index in [1.54, 1.807) is 18.2 Å². The third kappa shape index (κ3) is 1.61. The van der Waals surface area contributed by atoms with Gasteiger partial charge in [0.15, 0.2) is 0 Å². The van der Waals surface area contributed by atoms with Crippen molar-refractivity contribution in [3.05, 3.63) is 42.6 Å². The quantitative estimate of drug-likeness (QED) is 0.764. The van der Waals surface area contributed by atoms with Gasteiger partial charge in [0.2, 0.25) is 6.41 Å². The molecule has 2 aromatic rings. The van der Waals surface area contributed by atoms with Gasteiger partial charge in [0.25, 0.3) is 0 Å². The summed E-state index contributed by atoms with van der Waals surface area (Å²) in [6.45, 7) is 3.73. The number of para-hydroxylation sites is 1. The molecule has 0 unspecified atom stereocenters. The van der Waals surface area contributed by atoms with E-state index in [1.165, 1.54) is 12.3 Å². The Bertz CT molecular complexity index is 564. The van der Waals surface area contributed by atoms with Crippen LogP contribution in [0.3, 0.4) is 0 Å². The monoisotopic (exact) mass is 214 g/mol. The molecule has 1 aromatic carbocycles.